The van der Waals surface area contributed by atoms with Crippen LogP contribution in [0.1, 0.15) is 45.0 Å². The molecule has 4 aromatic carbocycles. The Balaban J connectivity index is 1.19. The van der Waals surface area contributed by atoms with Gasteiger partial charge in [0.05, 0.1) is 6.42 Å². The van der Waals surface area contributed by atoms with Gasteiger partial charge in [0.15, 0.2) is 0 Å². The van der Waals surface area contributed by atoms with Crippen LogP contribution in [-0.2, 0) is 22.5 Å². The molecule has 7 heteroatoms. The second-order valence-electron chi connectivity index (χ2n) is 10.0. The molecule has 7 nitrogen and oxygen atoms in total. The van der Waals surface area contributed by atoms with Crippen molar-refractivity contribution in [1.82, 2.24) is 10.2 Å². The largest absolute Gasteiger partial charge is 0.481 e. The van der Waals surface area contributed by atoms with E-state index in [-0.39, 0.29) is 37.9 Å². The van der Waals surface area contributed by atoms with Gasteiger partial charge >= 0.3 is 12.1 Å². The molecular formula is C34H32N2O5. The fourth-order valence-corrected chi connectivity index (χ4v) is 5.35. The molecule has 208 valence electrons. The molecule has 0 spiro atoms. The van der Waals surface area contributed by atoms with E-state index in [1.807, 2.05) is 66.7 Å². The lowest BCUT2D eigenvalue weighted by molar-refractivity contribution is -0.137. The number of carbonyl (C=O) groups is 3. The molecule has 0 bridgehead atoms. The first-order valence-electron chi connectivity index (χ1n) is 13.7. The first kappa shape index (κ1) is 27.6. The Morgan fingerprint density at radius 2 is 1.39 bits per heavy atom. The number of fused-ring (bicyclic) bond motifs is 3. The minimum Gasteiger partial charge on any atom is -0.481 e. The van der Waals surface area contributed by atoms with Crippen LogP contribution < -0.4 is 5.32 Å². The first-order chi connectivity index (χ1) is 20.0. The van der Waals surface area contributed by atoms with E-state index in [2.05, 4.69) is 29.6 Å². The van der Waals surface area contributed by atoms with Crippen LogP contribution in [0.5, 0.6) is 0 Å². The lowest BCUT2D eigenvalue weighted by atomic mass is 9.98. The van der Waals surface area contributed by atoms with Crippen molar-refractivity contribution in [1.29, 1.82) is 0 Å². The average molecular weight is 549 g/mol. The third kappa shape index (κ3) is 6.64. The molecule has 0 saturated heterocycles. The van der Waals surface area contributed by atoms with Crippen LogP contribution >= 0.6 is 0 Å². The zero-order valence-corrected chi connectivity index (χ0v) is 22.7. The van der Waals surface area contributed by atoms with Gasteiger partial charge in [-0.25, -0.2) is 4.79 Å². The number of amides is 2. The number of nitrogens with one attached hydrogen (secondary N) is 1. The molecule has 0 fully saturated rings. The Hall–Kier alpha value is -4.91. The molecule has 2 amide bonds. The number of carbonyl (C=O) groups excluding carboxylic acids is 2. The van der Waals surface area contributed by atoms with E-state index in [9.17, 15) is 19.5 Å². The molecule has 0 aliphatic heterocycles. The van der Waals surface area contributed by atoms with Crippen LogP contribution in [0.15, 0.2) is 103 Å². The summed E-state index contributed by atoms with van der Waals surface area (Å²) < 4.78 is 5.63. The minimum absolute atomic E-state index is 0.0205. The van der Waals surface area contributed by atoms with Gasteiger partial charge in [0.2, 0.25) is 0 Å². The normalized spacial score (nSPS) is 11.8. The van der Waals surface area contributed by atoms with Gasteiger partial charge in [-0.2, -0.15) is 0 Å². The lowest BCUT2D eigenvalue weighted by Gasteiger charge is -2.23. The number of hydrogen-bond donors (Lipinski definition) is 2. The Morgan fingerprint density at radius 3 is 2.07 bits per heavy atom. The number of benzene rings is 4. The molecule has 1 aliphatic carbocycles. The maximum absolute atomic E-state index is 13.6. The minimum atomic E-state index is -0.962. The number of carboxylic acids is 1. The van der Waals surface area contributed by atoms with Crippen molar-refractivity contribution in [3.8, 4) is 11.1 Å². The van der Waals surface area contributed by atoms with E-state index >= 15 is 0 Å². The zero-order valence-electron chi connectivity index (χ0n) is 22.7. The second-order valence-corrected chi connectivity index (χ2v) is 10.0. The third-order valence-electron chi connectivity index (χ3n) is 7.35. The smallest absolute Gasteiger partial charge is 0.407 e. The number of alkyl carbamates (subject to hydrolysis) is 1. The van der Waals surface area contributed by atoms with Gasteiger partial charge in [-0.15, -0.1) is 0 Å². The maximum atomic E-state index is 13.6. The Bertz CT molecular complexity index is 1490. The molecule has 41 heavy (non-hydrogen) atoms. The summed E-state index contributed by atoms with van der Waals surface area (Å²) in [7, 11) is 0. The topological polar surface area (TPSA) is 95.9 Å². The Morgan fingerprint density at radius 1 is 0.780 bits per heavy atom. The van der Waals surface area contributed by atoms with Gasteiger partial charge in [0.1, 0.15) is 6.61 Å². The molecule has 5 rings (SSSR count). The molecule has 0 unspecified atom stereocenters. The van der Waals surface area contributed by atoms with Crippen LogP contribution in [0.4, 0.5) is 4.79 Å². The number of rotatable bonds is 11. The van der Waals surface area contributed by atoms with Crippen molar-refractivity contribution < 1.29 is 24.2 Å². The maximum Gasteiger partial charge on any atom is 0.407 e. The van der Waals surface area contributed by atoms with Gasteiger partial charge < -0.3 is 20.1 Å². The van der Waals surface area contributed by atoms with Gasteiger partial charge in [-0.3, -0.25) is 9.59 Å². The van der Waals surface area contributed by atoms with Crippen molar-refractivity contribution in [2.24, 2.45) is 0 Å². The van der Waals surface area contributed by atoms with Gasteiger partial charge in [0.25, 0.3) is 5.91 Å². The summed E-state index contributed by atoms with van der Waals surface area (Å²) in [5.74, 6) is -1.23. The van der Waals surface area contributed by atoms with Gasteiger partial charge in [-0.1, -0.05) is 97.1 Å². The number of hydrogen-bond acceptors (Lipinski definition) is 4. The fourth-order valence-electron chi connectivity index (χ4n) is 5.35. The van der Waals surface area contributed by atoms with Crippen LogP contribution in [-0.4, -0.2) is 47.7 Å². The predicted molar refractivity (Wildman–Crippen MR) is 157 cm³/mol. The second kappa shape index (κ2) is 13.0. The summed E-state index contributed by atoms with van der Waals surface area (Å²) in [6, 6.07) is 33.1. The van der Waals surface area contributed by atoms with Crippen molar-refractivity contribution in [3.63, 3.8) is 0 Å². The quantitative estimate of drug-likeness (QED) is 0.244. The fraction of sp³-hybridized carbons (Fsp3) is 0.206. The van der Waals surface area contributed by atoms with E-state index in [1.54, 1.807) is 17.0 Å². The highest BCUT2D eigenvalue weighted by Gasteiger charge is 2.29. The van der Waals surface area contributed by atoms with Gasteiger partial charge in [0, 0.05) is 31.1 Å². The van der Waals surface area contributed by atoms with Crippen LogP contribution in [0.3, 0.4) is 0 Å². The summed E-state index contributed by atoms with van der Waals surface area (Å²) in [5, 5.41) is 12.0. The Kier molecular flexibility index (Phi) is 8.74. The van der Waals surface area contributed by atoms with E-state index in [0.717, 1.165) is 22.3 Å². The highest BCUT2D eigenvalue weighted by atomic mass is 16.5. The molecule has 0 heterocycles. The van der Waals surface area contributed by atoms with E-state index < -0.39 is 12.1 Å². The van der Waals surface area contributed by atoms with Gasteiger partial charge in [-0.05, 0) is 45.9 Å². The highest BCUT2D eigenvalue weighted by molar-refractivity contribution is 5.96. The van der Waals surface area contributed by atoms with E-state index in [4.69, 9.17) is 4.74 Å². The first-order valence-corrected chi connectivity index (χ1v) is 13.7. The van der Waals surface area contributed by atoms with Crippen LogP contribution in [0.2, 0.25) is 0 Å². The van der Waals surface area contributed by atoms with E-state index in [0.29, 0.717) is 18.5 Å². The predicted octanol–water partition coefficient (Wildman–Crippen LogP) is 5.88. The molecule has 0 aromatic heterocycles. The summed E-state index contributed by atoms with van der Waals surface area (Å²) in [6.45, 7) is 0.913. The highest BCUT2D eigenvalue weighted by Crippen LogP contribution is 2.44. The lowest BCUT2D eigenvalue weighted by Crippen LogP contribution is -2.33. The number of ether oxygens (including phenoxy) is 1. The summed E-state index contributed by atoms with van der Waals surface area (Å²) in [4.78, 5) is 39.0. The molecule has 0 saturated carbocycles. The SMILES string of the molecule is O=C(O)CCN(Cc1ccccc1)C(=O)c1ccccc1CCNC(=O)OCC1c2ccccc2-c2ccccc21. The van der Waals surface area contributed by atoms with Crippen molar-refractivity contribution in [2.75, 3.05) is 19.7 Å². The van der Waals surface area contributed by atoms with Crippen LogP contribution in [0, 0.1) is 0 Å². The summed E-state index contributed by atoms with van der Waals surface area (Å²) in [6.07, 6.45) is -0.239. The molecular weight excluding hydrogens is 516 g/mol. The summed E-state index contributed by atoms with van der Waals surface area (Å²) >= 11 is 0. The van der Waals surface area contributed by atoms with Crippen molar-refractivity contribution in [2.45, 2.75) is 25.3 Å². The van der Waals surface area contributed by atoms with Crippen molar-refractivity contribution in [3.05, 3.63) is 131 Å². The molecule has 0 atom stereocenters. The molecule has 2 N–H and O–H groups in total. The van der Waals surface area contributed by atoms with Crippen molar-refractivity contribution >= 4 is 18.0 Å². The average Bonchev–Trinajstić information content (AvgIpc) is 3.32. The monoisotopic (exact) mass is 548 g/mol. The molecule has 4 aromatic rings. The Labute approximate surface area is 239 Å². The number of carboxylic acid groups (broad SMARTS) is 1. The third-order valence-corrected chi connectivity index (χ3v) is 7.35. The molecule has 1 aliphatic rings. The standard InChI is InChI=1S/C34H32N2O5/c37-32(38)19-21-36(22-24-10-2-1-3-11-24)33(39)26-13-5-4-12-25(26)18-20-35-34(40)41-23-31-29-16-8-6-14-27(29)28-15-7-9-17-30(28)31/h1-17,31H,18-23H2,(H,35,40)(H,37,38). The van der Waals surface area contributed by atoms with E-state index in [1.165, 1.54) is 11.1 Å². The van der Waals surface area contributed by atoms with Crippen LogP contribution in [0.25, 0.3) is 11.1 Å². The number of aliphatic carboxylic acids is 1. The number of nitrogens with zero attached hydrogens (tertiary/aromatic N) is 1. The summed E-state index contributed by atoms with van der Waals surface area (Å²) in [5.41, 5.74) is 6.81. The zero-order chi connectivity index (χ0) is 28.6. The molecule has 0 radical (unpaired) electrons.